The highest BCUT2D eigenvalue weighted by molar-refractivity contribution is 6.14. The van der Waals surface area contributed by atoms with E-state index in [0.29, 0.717) is 33.1 Å². The number of amides is 1. The number of ether oxygens (including phenoxy) is 1. The summed E-state index contributed by atoms with van der Waals surface area (Å²) in [5, 5.41) is 10.6. The summed E-state index contributed by atoms with van der Waals surface area (Å²) in [7, 11) is 1.29. The van der Waals surface area contributed by atoms with Crippen LogP contribution < -0.4 is 5.32 Å². The number of halogens is 1. The van der Waals surface area contributed by atoms with Crippen LogP contribution in [0.5, 0.6) is 0 Å². The predicted octanol–water partition coefficient (Wildman–Crippen LogP) is 3.22. The largest absolute Gasteiger partial charge is 0.465 e. The molecule has 4 aromatic rings. The molecule has 0 atom stereocenters. The van der Waals surface area contributed by atoms with Gasteiger partial charge in [-0.15, -0.1) is 0 Å². The van der Waals surface area contributed by atoms with E-state index in [9.17, 15) is 14.0 Å². The molecule has 0 radical (unpaired) electrons. The molecule has 130 valence electrons. The number of nitrogens with zero attached hydrogens (tertiary/aromatic N) is 1. The quantitative estimate of drug-likeness (QED) is 0.493. The maximum absolute atomic E-state index is 13.5. The van der Waals surface area contributed by atoms with E-state index in [2.05, 4.69) is 25.2 Å². The van der Waals surface area contributed by atoms with Gasteiger partial charge in [0.1, 0.15) is 5.82 Å². The summed E-state index contributed by atoms with van der Waals surface area (Å²) in [6.07, 6.45) is 1.59. The maximum Gasteiger partial charge on any atom is 0.337 e. The summed E-state index contributed by atoms with van der Waals surface area (Å²) in [6.45, 7) is 0. The van der Waals surface area contributed by atoms with Gasteiger partial charge in [-0.2, -0.15) is 5.10 Å². The van der Waals surface area contributed by atoms with Gasteiger partial charge in [-0.05, 0) is 36.4 Å². The van der Waals surface area contributed by atoms with Crippen LogP contribution in [0.1, 0.15) is 20.8 Å². The second-order valence-corrected chi connectivity index (χ2v) is 5.67. The van der Waals surface area contributed by atoms with Crippen molar-refractivity contribution in [2.75, 3.05) is 12.4 Å². The lowest BCUT2D eigenvalue weighted by Crippen LogP contribution is -2.12. The Morgan fingerprint density at radius 3 is 2.77 bits per heavy atom. The lowest BCUT2D eigenvalue weighted by Gasteiger charge is -2.02. The van der Waals surface area contributed by atoms with Gasteiger partial charge in [0.15, 0.2) is 5.69 Å². The third kappa shape index (κ3) is 2.57. The van der Waals surface area contributed by atoms with Crippen molar-refractivity contribution in [2.45, 2.75) is 0 Å². The number of H-pyrrole nitrogens is 2. The van der Waals surface area contributed by atoms with Gasteiger partial charge < -0.3 is 15.0 Å². The fourth-order valence-electron chi connectivity index (χ4n) is 2.82. The zero-order valence-electron chi connectivity index (χ0n) is 13.6. The number of rotatable bonds is 3. The molecule has 2 aromatic carbocycles. The fourth-order valence-corrected chi connectivity index (χ4v) is 2.82. The molecule has 0 aliphatic carbocycles. The standard InChI is InChI=1S/C18H13FN4O3/c1-26-18(25)9-2-4-11-14(6-9)22-23-16(11)17(24)21-15-8-20-13-5-3-10(19)7-12(13)15/h2-8,20H,1H3,(H,21,24)(H,22,23). The first-order chi connectivity index (χ1) is 12.6. The Kier molecular flexibility index (Phi) is 3.65. The van der Waals surface area contributed by atoms with Crippen molar-refractivity contribution in [3.8, 4) is 0 Å². The number of benzene rings is 2. The van der Waals surface area contributed by atoms with Crippen molar-refractivity contribution in [1.29, 1.82) is 0 Å². The van der Waals surface area contributed by atoms with Crippen molar-refractivity contribution < 1.29 is 18.7 Å². The molecule has 1 amide bonds. The highest BCUT2D eigenvalue weighted by Gasteiger charge is 2.17. The molecule has 0 unspecified atom stereocenters. The Balaban J connectivity index is 1.67. The number of aromatic nitrogens is 3. The molecule has 0 aliphatic heterocycles. The molecule has 8 heteroatoms. The Morgan fingerprint density at radius 1 is 1.12 bits per heavy atom. The average molecular weight is 352 g/mol. The molecule has 0 saturated carbocycles. The smallest absolute Gasteiger partial charge is 0.337 e. The molecule has 2 heterocycles. The van der Waals surface area contributed by atoms with Crippen LogP contribution in [0.25, 0.3) is 21.8 Å². The van der Waals surface area contributed by atoms with Gasteiger partial charge in [0.2, 0.25) is 0 Å². The van der Waals surface area contributed by atoms with Gasteiger partial charge in [-0.3, -0.25) is 9.89 Å². The van der Waals surface area contributed by atoms with Gasteiger partial charge in [0.25, 0.3) is 5.91 Å². The normalized spacial score (nSPS) is 11.0. The minimum Gasteiger partial charge on any atom is -0.465 e. The number of esters is 1. The minimum absolute atomic E-state index is 0.169. The third-order valence-electron chi connectivity index (χ3n) is 4.09. The van der Waals surface area contributed by atoms with E-state index in [4.69, 9.17) is 0 Å². The van der Waals surface area contributed by atoms with Crippen LogP contribution in [0.3, 0.4) is 0 Å². The lowest BCUT2D eigenvalue weighted by molar-refractivity contribution is 0.0600. The molecule has 3 N–H and O–H groups in total. The Bertz CT molecular complexity index is 1160. The van der Waals surface area contributed by atoms with Crippen LogP contribution in [0.2, 0.25) is 0 Å². The van der Waals surface area contributed by atoms with E-state index in [1.54, 1.807) is 30.5 Å². The van der Waals surface area contributed by atoms with Gasteiger partial charge in [0.05, 0.1) is 23.9 Å². The highest BCUT2D eigenvalue weighted by Crippen LogP contribution is 2.25. The number of methoxy groups -OCH3 is 1. The van der Waals surface area contributed by atoms with E-state index in [1.165, 1.54) is 19.2 Å². The van der Waals surface area contributed by atoms with Gasteiger partial charge >= 0.3 is 5.97 Å². The number of fused-ring (bicyclic) bond motifs is 2. The van der Waals surface area contributed by atoms with Crippen LogP contribution in [-0.4, -0.2) is 34.2 Å². The second kappa shape index (κ2) is 5.99. The Hall–Kier alpha value is -3.68. The molecular weight excluding hydrogens is 339 g/mol. The van der Waals surface area contributed by atoms with Crippen LogP contribution in [0.15, 0.2) is 42.6 Å². The monoisotopic (exact) mass is 352 g/mol. The molecule has 0 bridgehead atoms. The topological polar surface area (TPSA) is 99.9 Å². The van der Waals surface area contributed by atoms with Crippen molar-refractivity contribution >= 4 is 39.4 Å². The lowest BCUT2D eigenvalue weighted by atomic mass is 10.1. The van der Waals surface area contributed by atoms with Crippen LogP contribution in [0.4, 0.5) is 10.1 Å². The van der Waals surface area contributed by atoms with E-state index in [0.717, 1.165) is 0 Å². The number of carbonyl (C=O) groups excluding carboxylic acids is 2. The molecular formula is C18H13FN4O3. The summed E-state index contributed by atoms with van der Waals surface area (Å²) in [5.74, 6) is -1.33. The van der Waals surface area contributed by atoms with Crippen molar-refractivity contribution in [3.63, 3.8) is 0 Å². The van der Waals surface area contributed by atoms with E-state index in [-0.39, 0.29) is 5.69 Å². The predicted molar refractivity (Wildman–Crippen MR) is 93.6 cm³/mol. The first kappa shape index (κ1) is 15.8. The SMILES string of the molecule is COC(=O)c1ccc2c(C(=O)Nc3c[nH]c4ccc(F)cc34)n[nH]c2c1. The van der Waals surface area contributed by atoms with Crippen molar-refractivity contribution in [2.24, 2.45) is 0 Å². The molecule has 0 fully saturated rings. The van der Waals surface area contributed by atoms with Crippen LogP contribution in [-0.2, 0) is 4.74 Å². The van der Waals surface area contributed by atoms with Crippen LogP contribution in [0, 0.1) is 5.82 Å². The summed E-state index contributed by atoms with van der Waals surface area (Å²) < 4.78 is 18.1. The van der Waals surface area contributed by atoms with Crippen molar-refractivity contribution in [3.05, 3.63) is 59.7 Å². The molecule has 4 rings (SSSR count). The zero-order chi connectivity index (χ0) is 18.3. The number of hydrogen-bond acceptors (Lipinski definition) is 4. The maximum atomic E-state index is 13.5. The van der Waals surface area contributed by atoms with E-state index < -0.39 is 17.7 Å². The number of anilines is 1. The molecule has 0 saturated heterocycles. The molecule has 2 aromatic heterocycles. The summed E-state index contributed by atoms with van der Waals surface area (Å²) in [6, 6.07) is 9.01. The van der Waals surface area contributed by atoms with Gasteiger partial charge in [-0.1, -0.05) is 0 Å². The Labute approximate surface area is 146 Å². The summed E-state index contributed by atoms with van der Waals surface area (Å²) >= 11 is 0. The highest BCUT2D eigenvalue weighted by atomic mass is 19.1. The molecule has 0 aliphatic rings. The van der Waals surface area contributed by atoms with Crippen molar-refractivity contribution in [1.82, 2.24) is 15.2 Å². The van der Waals surface area contributed by atoms with Gasteiger partial charge in [-0.25, -0.2) is 9.18 Å². The number of hydrogen-bond donors (Lipinski definition) is 3. The third-order valence-corrected chi connectivity index (χ3v) is 4.09. The second-order valence-electron chi connectivity index (χ2n) is 5.67. The first-order valence-corrected chi connectivity index (χ1v) is 7.71. The Morgan fingerprint density at radius 2 is 1.96 bits per heavy atom. The van der Waals surface area contributed by atoms with Crippen LogP contribution >= 0.6 is 0 Å². The molecule has 7 nitrogen and oxygen atoms in total. The number of aromatic amines is 2. The summed E-state index contributed by atoms with van der Waals surface area (Å²) in [5.41, 5.74) is 2.20. The number of carbonyl (C=O) groups is 2. The van der Waals surface area contributed by atoms with E-state index >= 15 is 0 Å². The fraction of sp³-hybridized carbons (Fsp3) is 0.0556. The molecule has 0 spiro atoms. The summed E-state index contributed by atoms with van der Waals surface area (Å²) in [4.78, 5) is 27.2. The average Bonchev–Trinajstić information content (AvgIpc) is 3.24. The molecule has 26 heavy (non-hydrogen) atoms. The first-order valence-electron chi connectivity index (χ1n) is 7.71. The number of nitrogens with one attached hydrogen (secondary N) is 3. The zero-order valence-corrected chi connectivity index (χ0v) is 13.6. The van der Waals surface area contributed by atoms with E-state index in [1.807, 2.05) is 0 Å². The van der Waals surface area contributed by atoms with Gasteiger partial charge in [0, 0.05) is 22.5 Å². The minimum atomic E-state index is -0.478.